The third kappa shape index (κ3) is 5.82. The maximum atomic E-state index is 9.88. The summed E-state index contributed by atoms with van der Waals surface area (Å²) in [5, 5.41) is 20.0. The summed E-state index contributed by atoms with van der Waals surface area (Å²) >= 11 is 6.41. The molecule has 0 radical (unpaired) electrons. The Labute approximate surface area is 148 Å². The zero-order chi connectivity index (χ0) is 17.5. The molecule has 24 heavy (non-hydrogen) atoms. The van der Waals surface area contributed by atoms with E-state index in [0.29, 0.717) is 24.3 Å². The molecule has 1 aliphatic rings. The smallest absolute Gasteiger partial charge is 0.115 e. The molecule has 0 aliphatic carbocycles. The van der Waals surface area contributed by atoms with Gasteiger partial charge in [-0.1, -0.05) is 42.0 Å². The zero-order valence-electron chi connectivity index (χ0n) is 14.2. The van der Waals surface area contributed by atoms with Crippen molar-refractivity contribution in [1.82, 2.24) is 0 Å². The number of benzene rings is 1. The van der Waals surface area contributed by atoms with Crippen LogP contribution in [0.2, 0.25) is 0 Å². The number of allylic oxidation sites excluding steroid dienone is 5. The van der Waals surface area contributed by atoms with Gasteiger partial charge in [-0.3, -0.25) is 0 Å². The van der Waals surface area contributed by atoms with Gasteiger partial charge in [-0.15, -0.1) is 0 Å². The second-order valence-corrected chi connectivity index (χ2v) is 6.59. The first-order valence-electron chi connectivity index (χ1n) is 8.29. The molecular formula is C20H25ClO3. The molecule has 130 valence electrons. The van der Waals surface area contributed by atoms with Gasteiger partial charge >= 0.3 is 0 Å². The number of halogens is 1. The summed E-state index contributed by atoms with van der Waals surface area (Å²) in [7, 11) is 0. The van der Waals surface area contributed by atoms with Gasteiger partial charge in [0, 0.05) is 11.5 Å². The average Bonchev–Trinajstić information content (AvgIpc) is 2.52. The van der Waals surface area contributed by atoms with Crippen molar-refractivity contribution in [1.29, 1.82) is 0 Å². The molecule has 3 unspecified atom stereocenters. The van der Waals surface area contributed by atoms with Gasteiger partial charge in [0.05, 0.1) is 18.3 Å². The number of ether oxygens (including phenoxy) is 1. The van der Waals surface area contributed by atoms with Crippen LogP contribution in [0.5, 0.6) is 5.75 Å². The van der Waals surface area contributed by atoms with Gasteiger partial charge in [0.2, 0.25) is 0 Å². The average molecular weight is 349 g/mol. The van der Waals surface area contributed by atoms with Crippen molar-refractivity contribution in [3.8, 4) is 5.75 Å². The summed E-state index contributed by atoms with van der Waals surface area (Å²) in [4.78, 5) is 0. The van der Waals surface area contributed by atoms with Gasteiger partial charge in [0.1, 0.15) is 5.75 Å². The van der Waals surface area contributed by atoms with Gasteiger partial charge in [0.25, 0.3) is 0 Å². The minimum absolute atomic E-state index is 0.0546. The number of phenolic OH excluding ortho intramolecular Hbond substituents is 1. The van der Waals surface area contributed by atoms with Gasteiger partial charge in [-0.2, -0.15) is 0 Å². The number of rotatable bonds is 5. The summed E-state index contributed by atoms with van der Waals surface area (Å²) in [5.41, 5.74) is 2.03. The highest BCUT2D eigenvalue weighted by Crippen LogP contribution is 2.23. The second-order valence-electron chi connectivity index (χ2n) is 6.19. The van der Waals surface area contributed by atoms with Crippen LogP contribution in [0.4, 0.5) is 0 Å². The van der Waals surface area contributed by atoms with E-state index in [1.54, 1.807) is 12.1 Å². The van der Waals surface area contributed by atoms with Gasteiger partial charge in [0.15, 0.2) is 0 Å². The minimum Gasteiger partial charge on any atom is -0.508 e. The fourth-order valence-corrected chi connectivity index (χ4v) is 3.07. The molecule has 3 nitrogen and oxygen atoms in total. The summed E-state index contributed by atoms with van der Waals surface area (Å²) in [6, 6.07) is 7.10. The topological polar surface area (TPSA) is 49.7 Å². The standard InChI is InChI=1S/C20H25ClO3/c1-3-4-20(21)16(12-15-5-8-17(22)9-6-15)7-10-19-13-18(23)11-14(2)24-19/h3-10,14,18-19,22-23H,11-13H2,1-2H3/b4-3-,10-7+,20-16-. The highest BCUT2D eigenvalue weighted by atomic mass is 35.5. The Kier molecular flexibility index (Phi) is 7.10. The van der Waals surface area contributed by atoms with Crippen molar-refractivity contribution >= 4 is 11.6 Å². The fraction of sp³-hybridized carbons (Fsp3) is 0.400. The van der Waals surface area contributed by atoms with Crippen molar-refractivity contribution in [2.75, 3.05) is 0 Å². The summed E-state index contributed by atoms with van der Waals surface area (Å²) in [5.74, 6) is 0.248. The Bertz CT molecular complexity index is 606. The molecule has 1 aliphatic heterocycles. The fourth-order valence-electron chi connectivity index (χ4n) is 2.81. The molecule has 2 N–H and O–H groups in total. The lowest BCUT2D eigenvalue weighted by Crippen LogP contribution is -2.32. The number of phenols is 1. The van der Waals surface area contributed by atoms with Crippen molar-refractivity contribution < 1.29 is 14.9 Å². The lowest BCUT2D eigenvalue weighted by Gasteiger charge is -2.29. The quantitative estimate of drug-likeness (QED) is 0.771. The third-order valence-electron chi connectivity index (χ3n) is 3.98. The highest BCUT2D eigenvalue weighted by molar-refractivity contribution is 6.31. The Morgan fingerprint density at radius 3 is 2.58 bits per heavy atom. The van der Waals surface area contributed by atoms with Gasteiger partial charge in [-0.05, 0) is 56.0 Å². The lowest BCUT2D eigenvalue weighted by molar-refractivity contribution is -0.0672. The molecule has 3 atom stereocenters. The number of aliphatic hydroxyl groups excluding tert-OH is 1. The van der Waals surface area contributed by atoms with Crippen LogP contribution in [0.1, 0.15) is 32.3 Å². The molecule has 1 fully saturated rings. The van der Waals surface area contributed by atoms with E-state index in [2.05, 4.69) is 0 Å². The van der Waals surface area contributed by atoms with E-state index in [0.717, 1.165) is 11.1 Å². The Hall–Kier alpha value is -1.55. The molecule has 0 saturated carbocycles. The van der Waals surface area contributed by atoms with Crippen LogP contribution in [0.25, 0.3) is 0 Å². The zero-order valence-corrected chi connectivity index (χ0v) is 14.9. The maximum absolute atomic E-state index is 9.88. The molecule has 4 heteroatoms. The first-order chi connectivity index (χ1) is 11.5. The molecule has 1 heterocycles. The van der Waals surface area contributed by atoms with E-state index in [4.69, 9.17) is 16.3 Å². The minimum atomic E-state index is -0.320. The Balaban J connectivity index is 2.16. The number of aromatic hydroxyl groups is 1. The second kappa shape index (κ2) is 9.07. The van der Waals surface area contributed by atoms with Crippen molar-refractivity contribution in [2.45, 2.75) is 51.4 Å². The van der Waals surface area contributed by atoms with Crippen LogP contribution >= 0.6 is 11.6 Å². The number of hydrogen-bond acceptors (Lipinski definition) is 3. The molecule has 2 rings (SSSR count). The van der Waals surface area contributed by atoms with Crippen LogP contribution in [-0.4, -0.2) is 28.5 Å². The van der Waals surface area contributed by atoms with E-state index < -0.39 is 0 Å². The first-order valence-corrected chi connectivity index (χ1v) is 8.66. The lowest BCUT2D eigenvalue weighted by atomic mass is 9.99. The van der Waals surface area contributed by atoms with E-state index in [1.807, 2.05) is 50.3 Å². The Morgan fingerprint density at radius 2 is 1.96 bits per heavy atom. The van der Waals surface area contributed by atoms with Crippen LogP contribution in [-0.2, 0) is 11.2 Å². The summed E-state index contributed by atoms with van der Waals surface area (Å²) < 4.78 is 5.85. The van der Waals surface area contributed by atoms with E-state index in [9.17, 15) is 10.2 Å². The normalized spacial score (nSPS) is 26.1. The van der Waals surface area contributed by atoms with Crippen LogP contribution in [0.15, 0.2) is 59.2 Å². The first kappa shape index (κ1) is 18.8. The van der Waals surface area contributed by atoms with Crippen LogP contribution in [0, 0.1) is 0 Å². The monoisotopic (exact) mass is 348 g/mol. The SMILES string of the molecule is C\C=C/C(Cl)=C(\C=C\C1CC(O)CC(C)O1)Cc1ccc(O)cc1. The molecule has 1 saturated heterocycles. The predicted molar refractivity (Wildman–Crippen MR) is 98.2 cm³/mol. The number of hydrogen-bond donors (Lipinski definition) is 2. The highest BCUT2D eigenvalue weighted by Gasteiger charge is 2.23. The molecular weight excluding hydrogens is 324 g/mol. The van der Waals surface area contributed by atoms with Crippen molar-refractivity contribution in [3.05, 3.63) is 64.7 Å². The van der Waals surface area contributed by atoms with E-state index in [-0.39, 0.29) is 24.1 Å². The molecule has 1 aromatic carbocycles. The molecule has 0 amide bonds. The molecule has 1 aromatic rings. The van der Waals surface area contributed by atoms with Crippen molar-refractivity contribution in [2.24, 2.45) is 0 Å². The molecule has 0 spiro atoms. The van der Waals surface area contributed by atoms with E-state index in [1.165, 1.54) is 0 Å². The van der Waals surface area contributed by atoms with Crippen LogP contribution in [0.3, 0.4) is 0 Å². The molecule has 0 bridgehead atoms. The van der Waals surface area contributed by atoms with E-state index >= 15 is 0 Å². The summed E-state index contributed by atoms with van der Waals surface area (Å²) in [6.45, 7) is 3.90. The predicted octanol–water partition coefficient (Wildman–Crippen LogP) is 4.49. The largest absolute Gasteiger partial charge is 0.508 e. The summed E-state index contributed by atoms with van der Waals surface area (Å²) in [6.07, 6.45) is 9.28. The van der Waals surface area contributed by atoms with Crippen molar-refractivity contribution in [3.63, 3.8) is 0 Å². The number of aliphatic hydroxyl groups is 1. The Morgan fingerprint density at radius 1 is 1.25 bits per heavy atom. The molecule has 0 aromatic heterocycles. The van der Waals surface area contributed by atoms with Crippen LogP contribution < -0.4 is 0 Å². The third-order valence-corrected chi connectivity index (χ3v) is 4.35. The van der Waals surface area contributed by atoms with Gasteiger partial charge < -0.3 is 14.9 Å². The van der Waals surface area contributed by atoms with Gasteiger partial charge in [-0.25, -0.2) is 0 Å². The maximum Gasteiger partial charge on any atom is 0.115 e.